The van der Waals surface area contributed by atoms with Crippen LogP contribution < -0.4 is 15.1 Å². The van der Waals surface area contributed by atoms with Gasteiger partial charge in [-0.15, -0.1) is 0 Å². The van der Waals surface area contributed by atoms with E-state index in [9.17, 15) is 9.59 Å². The van der Waals surface area contributed by atoms with E-state index in [1.165, 1.54) is 19.8 Å². The van der Waals surface area contributed by atoms with Gasteiger partial charge in [0, 0.05) is 36.9 Å². The van der Waals surface area contributed by atoms with Crippen molar-refractivity contribution < 1.29 is 19.1 Å². The van der Waals surface area contributed by atoms with Crippen molar-refractivity contribution in [2.75, 3.05) is 43.7 Å². The molecule has 196 valence electrons. The Labute approximate surface area is 220 Å². The summed E-state index contributed by atoms with van der Waals surface area (Å²) in [5.41, 5.74) is 5.15. The number of ether oxygens (including phenoxy) is 2. The monoisotopic (exact) mass is 503 g/mol. The molecule has 0 unspecified atom stereocenters. The Kier molecular flexibility index (Phi) is 10.5. The molecule has 7 nitrogen and oxygen atoms in total. The highest BCUT2D eigenvalue weighted by molar-refractivity contribution is 5.88. The predicted molar refractivity (Wildman–Crippen MR) is 148 cm³/mol. The average Bonchev–Trinajstić information content (AvgIpc) is 2.95. The van der Waals surface area contributed by atoms with Crippen molar-refractivity contribution >= 4 is 23.6 Å². The van der Waals surface area contributed by atoms with Crippen molar-refractivity contribution in [1.82, 2.24) is 5.32 Å². The molecule has 0 bridgehead atoms. The largest absolute Gasteiger partial charge is 0.452 e. The van der Waals surface area contributed by atoms with E-state index < -0.39 is 0 Å². The zero-order valence-corrected chi connectivity index (χ0v) is 22.1. The zero-order valence-electron chi connectivity index (χ0n) is 22.1. The summed E-state index contributed by atoms with van der Waals surface area (Å²) in [5.74, 6) is 0.132. The number of anilines is 2. The number of amides is 2. The van der Waals surface area contributed by atoms with Gasteiger partial charge in [0.15, 0.2) is 0 Å². The van der Waals surface area contributed by atoms with Gasteiger partial charge in [-0.1, -0.05) is 54.6 Å². The molecule has 1 N–H and O–H groups in total. The van der Waals surface area contributed by atoms with Gasteiger partial charge in [0.1, 0.15) is 0 Å². The molecule has 0 atom stereocenters. The van der Waals surface area contributed by atoms with Crippen LogP contribution in [0, 0.1) is 0 Å². The third kappa shape index (κ3) is 7.33. The molecule has 0 saturated carbocycles. The Morgan fingerprint density at radius 1 is 0.730 bits per heavy atom. The number of carbonyl (C=O) groups excluding carboxylic acids is 2. The maximum absolute atomic E-state index is 12.1. The van der Waals surface area contributed by atoms with Crippen molar-refractivity contribution in [3.8, 4) is 0 Å². The van der Waals surface area contributed by atoms with Gasteiger partial charge in [-0.3, -0.25) is 9.80 Å². The lowest BCUT2D eigenvalue weighted by Gasteiger charge is -2.23. The summed E-state index contributed by atoms with van der Waals surface area (Å²) in [5, 5.41) is 3.56. The first kappa shape index (κ1) is 27.7. The third-order valence-electron chi connectivity index (χ3n) is 6.42. The SMILES string of the molecule is CCN(C(=O)OC)c1ccc(C(CCNCc2ccccc2)c2ccc(N(CC)C(=O)OC)cc2)cc1. The van der Waals surface area contributed by atoms with Crippen LogP contribution in [-0.2, 0) is 16.0 Å². The fourth-order valence-corrected chi connectivity index (χ4v) is 4.43. The molecule has 0 fully saturated rings. The van der Waals surface area contributed by atoms with E-state index in [2.05, 4.69) is 41.7 Å². The molecule has 0 aliphatic heterocycles. The highest BCUT2D eigenvalue weighted by atomic mass is 16.5. The Hall–Kier alpha value is -3.84. The molecule has 3 aromatic rings. The molecule has 3 rings (SSSR count). The summed E-state index contributed by atoms with van der Waals surface area (Å²) in [6, 6.07) is 26.5. The first-order valence-corrected chi connectivity index (χ1v) is 12.7. The fraction of sp³-hybridized carbons (Fsp3) is 0.333. The van der Waals surface area contributed by atoms with Gasteiger partial charge in [0.25, 0.3) is 0 Å². The van der Waals surface area contributed by atoms with E-state index in [0.717, 1.165) is 42.0 Å². The van der Waals surface area contributed by atoms with Crippen LogP contribution in [0.25, 0.3) is 0 Å². The molecule has 7 heteroatoms. The summed E-state index contributed by atoms with van der Waals surface area (Å²) in [6.45, 7) is 6.52. The summed E-state index contributed by atoms with van der Waals surface area (Å²) in [7, 11) is 2.78. The van der Waals surface area contributed by atoms with Crippen LogP contribution in [0.1, 0.15) is 42.9 Å². The number of benzene rings is 3. The second-order valence-corrected chi connectivity index (χ2v) is 8.62. The highest BCUT2D eigenvalue weighted by Gasteiger charge is 2.19. The number of nitrogens with one attached hydrogen (secondary N) is 1. The maximum Gasteiger partial charge on any atom is 0.413 e. The molecule has 0 aliphatic rings. The standard InChI is InChI=1S/C30H37N3O4/c1-5-32(29(34)36-3)26-16-12-24(13-17-26)28(20-21-31-22-23-10-8-7-9-11-23)25-14-18-27(19-15-25)33(6-2)30(35)37-4/h7-19,28,31H,5-6,20-22H2,1-4H3. The molecule has 37 heavy (non-hydrogen) atoms. The lowest BCUT2D eigenvalue weighted by molar-refractivity contribution is 0.178. The van der Waals surface area contributed by atoms with Crippen molar-refractivity contribution in [3.63, 3.8) is 0 Å². The van der Waals surface area contributed by atoms with Crippen molar-refractivity contribution in [2.45, 2.75) is 32.7 Å². The van der Waals surface area contributed by atoms with E-state index in [1.807, 2.05) is 56.3 Å². The van der Waals surface area contributed by atoms with Gasteiger partial charge < -0.3 is 14.8 Å². The molecule has 0 spiro atoms. The van der Waals surface area contributed by atoms with Crippen LogP contribution in [0.5, 0.6) is 0 Å². The first-order valence-electron chi connectivity index (χ1n) is 12.7. The molecule has 0 aliphatic carbocycles. The lowest BCUT2D eigenvalue weighted by atomic mass is 9.88. The minimum Gasteiger partial charge on any atom is -0.452 e. The van der Waals surface area contributed by atoms with Crippen LogP contribution in [-0.4, -0.2) is 46.0 Å². The van der Waals surface area contributed by atoms with E-state index >= 15 is 0 Å². The number of hydrogen-bond donors (Lipinski definition) is 1. The molecule has 2 amide bonds. The van der Waals surface area contributed by atoms with Gasteiger partial charge in [-0.05, 0) is 67.8 Å². The fourth-order valence-electron chi connectivity index (χ4n) is 4.43. The third-order valence-corrected chi connectivity index (χ3v) is 6.42. The highest BCUT2D eigenvalue weighted by Crippen LogP contribution is 2.31. The van der Waals surface area contributed by atoms with Gasteiger partial charge in [0.05, 0.1) is 14.2 Å². The quantitative estimate of drug-likeness (QED) is 0.316. The van der Waals surface area contributed by atoms with Crippen LogP contribution in [0.4, 0.5) is 21.0 Å². The number of carbonyl (C=O) groups is 2. The minimum atomic E-state index is -0.376. The van der Waals surface area contributed by atoms with Crippen LogP contribution in [0.15, 0.2) is 78.9 Å². The Morgan fingerprint density at radius 2 is 1.19 bits per heavy atom. The number of methoxy groups -OCH3 is 2. The number of nitrogens with zero attached hydrogens (tertiary/aromatic N) is 2. The Bertz CT molecular complexity index is 1050. The molecule has 0 saturated heterocycles. The van der Waals surface area contributed by atoms with Crippen molar-refractivity contribution in [3.05, 3.63) is 95.6 Å². The molecule has 3 aromatic carbocycles. The molecular weight excluding hydrogens is 466 g/mol. The van der Waals surface area contributed by atoms with Crippen molar-refractivity contribution in [1.29, 1.82) is 0 Å². The normalized spacial score (nSPS) is 10.7. The van der Waals surface area contributed by atoms with Crippen LogP contribution >= 0.6 is 0 Å². The minimum absolute atomic E-state index is 0.132. The van der Waals surface area contributed by atoms with Gasteiger partial charge in [-0.2, -0.15) is 0 Å². The van der Waals surface area contributed by atoms with E-state index in [-0.39, 0.29) is 18.1 Å². The smallest absolute Gasteiger partial charge is 0.413 e. The zero-order chi connectivity index (χ0) is 26.6. The Morgan fingerprint density at radius 3 is 1.59 bits per heavy atom. The first-order chi connectivity index (χ1) is 18.0. The predicted octanol–water partition coefficient (Wildman–Crippen LogP) is 6.18. The van der Waals surface area contributed by atoms with Crippen molar-refractivity contribution in [2.24, 2.45) is 0 Å². The summed E-state index contributed by atoms with van der Waals surface area (Å²) in [4.78, 5) is 27.4. The lowest BCUT2D eigenvalue weighted by Crippen LogP contribution is -2.30. The molecular formula is C30H37N3O4. The topological polar surface area (TPSA) is 71.1 Å². The van der Waals surface area contributed by atoms with Crippen LogP contribution in [0.2, 0.25) is 0 Å². The van der Waals surface area contributed by atoms with E-state index in [0.29, 0.717) is 13.1 Å². The molecule has 0 aromatic heterocycles. The molecule has 0 radical (unpaired) electrons. The second kappa shape index (κ2) is 14.0. The number of rotatable bonds is 11. The summed E-state index contributed by atoms with van der Waals surface area (Å²) in [6.07, 6.45) is 0.131. The average molecular weight is 504 g/mol. The van der Waals surface area contributed by atoms with E-state index in [4.69, 9.17) is 9.47 Å². The van der Waals surface area contributed by atoms with Gasteiger partial charge in [-0.25, -0.2) is 9.59 Å². The summed E-state index contributed by atoms with van der Waals surface area (Å²) >= 11 is 0. The van der Waals surface area contributed by atoms with Gasteiger partial charge in [0.2, 0.25) is 0 Å². The maximum atomic E-state index is 12.1. The number of hydrogen-bond acceptors (Lipinski definition) is 5. The van der Waals surface area contributed by atoms with Gasteiger partial charge >= 0.3 is 12.2 Å². The molecule has 0 heterocycles. The van der Waals surface area contributed by atoms with Crippen LogP contribution in [0.3, 0.4) is 0 Å². The second-order valence-electron chi connectivity index (χ2n) is 8.62. The Balaban J connectivity index is 1.82. The van der Waals surface area contributed by atoms with E-state index in [1.54, 1.807) is 9.80 Å². The summed E-state index contributed by atoms with van der Waals surface area (Å²) < 4.78 is 9.83.